The van der Waals surface area contributed by atoms with E-state index < -0.39 is 45.7 Å². The summed E-state index contributed by atoms with van der Waals surface area (Å²) in [6.45, 7) is 18.8. The van der Waals surface area contributed by atoms with Crippen molar-refractivity contribution in [3.05, 3.63) is 11.6 Å². The van der Waals surface area contributed by atoms with Gasteiger partial charge in [-0.15, -0.1) is 0 Å². The monoisotopic (exact) mass is 452 g/mol. The van der Waals surface area contributed by atoms with Crippen molar-refractivity contribution in [3.63, 3.8) is 0 Å². The van der Waals surface area contributed by atoms with Gasteiger partial charge in [-0.3, -0.25) is 0 Å². The van der Waals surface area contributed by atoms with Crippen LogP contribution >= 0.6 is 0 Å². The Balaban J connectivity index is 5.66. The maximum Gasteiger partial charge on any atom is 0.469 e. The normalized spacial score (nSPS) is 14.3. The van der Waals surface area contributed by atoms with Gasteiger partial charge < -0.3 is 22.6 Å². The van der Waals surface area contributed by atoms with Gasteiger partial charge in [0.25, 0.3) is 0 Å². The smallest absolute Gasteiger partial charge is 0.469 e. The second-order valence-electron chi connectivity index (χ2n) is 9.49. The Morgan fingerprint density at radius 1 is 0.778 bits per heavy atom. The Bertz CT molecular complexity index is 516. The first-order chi connectivity index (χ1) is 11.8. The molecule has 0 saturated carbocycles. The lowest BCUT2D eigenvalue weighted by molar-refractivity contribution is -0.135. The quantitative estimate of drug-likeness (QED) is 0.335. The molecule has 0 radical (unpaired) electrons. The van der Waals surface area contributed by atoms with E-state index in [2.05, 4.69) is 58.9 Å². The van der Waals surface area contributed by atoms with Crippen molar-refractivity contribution in [3.8, 4) is 0 Å². The van der Waals surface area contributed by atoms with Crippen molar-refractivity contribution in [1.29, 1.82) is 0 Å². The minimum atomic E-state index is -3.03. The Labute approximate surface area is 167 Å². The molecule has 158 valence electrons. The topological polar surface area (TPSA) is 102 Å². The highest BCUT2D eigenvalue weighted by molar-refractivity contribution is 6.90. The van der Waals surface area contributed by atoms with Crippen LogP contribution < -0.4 is 0 Å². The molecular formula is C16H36O7Si4. The Kier molecular flexibility index (Phi) is 9.55. The molecule has 0 aromatic carbocycles. The Hall–Kier alpha value is -0.572. The molecule has 0 aliphatic carbocycles. The van der Waals surface area contributed by atoms with E-state index in [1.165, 1.54) is 0 Å². The van der Waals surface area contributed by atoms with Crippen LogP contribution in [0.1, 0.15) is 12.8 Å². The van der Waals surface area contributed by atoms with Gasteiger partial charge in [0.2, 0.25) is 0 Å². The summed E-state index contributed by atoms with van der Waals surface area (Å²) in [5.74, 6) is -2.47. The zero-order chi connectivity index (χ0) is 21.7. The molecule has 0 fully saturated rings. The maximum atomic E-state index is 11.3. The number of rotatable bonds is 12. The van der Waals surface area contributed by atoms with Gasteiger partial charge in [-0.25, -0.2) is 9.59 Å². The third kappa shape index (κ3) is 13.3. The molecule has 0 amide bonds. The standard InChI is InChI=1S/C16H36O7Si4/c1-24(2,3)21-27(22-25(4,5)6,23-26(7,8)9)12-10-11-14(16(19)20)13-15(17)18/h13H,10-12H2,1-9H3,(H,17,18)(H,19,20). The molecule has 0 aromatic rings. The van der Waals surface area contributed by atoms with Gasteiger partial charge in [0.1, 0.15) is 0 Å². The summed E-state index contributed by atoms with van der Waals surface area (Å²) in [5, 5.41) is 18.1. The summed E-state index contributed by atoms with van der Waals surface area (Å²) in [6.07, 6.45) is 1.33. The molecule has 0 aliphatic rings. The van der Waals surface area contributed by atoms with Crippen LogP contribution in [-0.2, 0) is 21.9 Å². The van der Waals surface area contributed by atoms with E-state index in [4.69, 9.17) is 17.5 Å². The molecule has 0 rings (SSSR count). The fourth-order valence-corrected chi connectivity index (χ4v) is 17.2. The predicted molar refractivity (Wildman–Crippen MR) is 116 cm³/mol. The van der Waals surface area contributed by atoms with Gasteiger partial charge in [-0.2, -0.15) is 0 Å². The molecule has 0 atom stereocenters. The molecular weight excluding hydrogens is 417 g/mol. The van der Waals surface area contributed by atoms with E-state index in [1.54, 1.807) is 0 Å². The highest BCUT2D eigenvalue weighted by Crippen LogP contribution is 2.31. The molecule has 0 unspecified atom stereocenters. The van der Waals surface area contributed by atoms with Crippen molar-refractivity contribution < 1.29 is 32.1 Å². The summed E-state index contributed by atoms with van der Waals surface area (Å²) in [6, 6.07) is 0.482. The van der Waals surface area contributed by atoms with Crippen molar-refractivity contribution in [2.24, 2.45) is 0 Å². The Morgan fingerprint density at radius 2 is 1.15 bits per heavy atom. The van der Waals surface area contributed by atoms with Crippen LogP contribution in [0.4, 0.5) is 0 Å². The molecule has 0 aromatic heterocycles. The van der Waals surface area contributed by atoms with Gasteiger partial charge in [0.15, 0.2) is 25.0 Å². The number of hydrogen-bond acceptors (Lipinski definition) is 5. The van der Waals surface area contributed by atoms with Crippen LogP contribution in [0.25, 0.3) is 0 Å². The largest absolute Gasteiger partial charge is 0.478 e. The average Bonchev–Trinajstić information content (AvgIpc) is 2.29. The molecule has 7 nitrogen and oxygen atoms in total. The summed E-state index contributed by atoms with van der Waals surface area (Å²) in [7, 11) is -8.98. The summed E-state index contributed by atoms with van der Waals surface area (Å²) in [4.78, 5) is 22.1. The number of carboxylic acids is 2. The van der Waals surface area contributed by atoms with Gasteiger partial charge in [0, 0.05) is 17.7 Å². The molecule has 11 heteroatoms. The lowest BCUT2D eigenvalue weighted by Gasteiger charge is -2.43. The zero-order valence-corrected chi connectivity index (χ0v) is 22.1. The number of carboxylic acid groups (broad SMARTS) is 2. The lowest BCUT2D eigenvalue weighted by Crippen LogP contribution is -2.60. The van der Waals surface area contributed by atoms with Crippen molar-refractivity contribution >= 4 is 45.7 Å². The molecule has 0 bridgehead atoms. The third-order valence-electron chi connectivity index (χ3n) is 2.89. The van der Waals surface area contributed by atoms with E-state index in [0.717, 1.165) is 6.08 Å². The number of aliphatic carboxylic acids is 2. The zero-order valence-electron chi connectivity index (χ0n) is 18.1. The minimum absolute atomic E-state index is 0.126. The van der Waals surface area contributed by atoms with Crippen LogP contribution in [0.15, 0.2) is 11.6 Å². The number of hydrogen-bond donors (Lipinski definition) is 2. The highest BCUT2D eigenvalue weighted by Gasteiger charge is 2.49. The third-order valence-corrected chi connectivity index (χ3v) is 14.9. The van der Waals surface area contributed by atoms with E-state index in [0.29, 0.717) is 12.5 Å². The van der Waals surface area contributed by atoms with E-state index in [1.807, 2.05) is 0 Å². The van der Waals surface area contributed by atoms with Crippen molar-refractivity contribution in [1.82, 2.24) is 0 Å². The second-order valence-corrected chi connectivity index (χ2v) is 26.5. The fraction of sp³-hybridized carbons (Fsp3) is 0.750. The van der Waals surface area contributed by atoms with Crippen LogP contribution in [0, 0.1) is 0 Å². The van der Waals surface area contributed by atoms with Gasteiger partial charge in [-0.05, 0) is 71.8 Å². The van der Waals surface area contributed by atoms with Crippen LogP contribution in [0.2, 0.25) is 65.0 Å². The second kappa shape index (κ2) is 9.76. The molecule has 0 heterocycles. The molecule has 0 saturated heterocycles. The van der Waals surface area contributed by atoms with Crippen LogP contribution in [0.5, 0.6) is 0 Å². The first-order valence-corrected chi connectivity index (χ1v) is 21.3. The number of carbonyl (C=O) groups is 2. The molecule has 0 spiro atoms. The van der Waals surface area contributed by atoms with Crippen molar-refractivity contribution in [2.75, 3.05) is 0 Å². The van der Waals surface area contributed by atoms with Crippen LogP contribution in [-0.4, -0.2) is 55.9 Å². The van der Waals surface area contributed by atoms with E-state index >= 15 is 0 Å². The van der Waals surface area contributed by atoms with E-state index in [-0.39, 0.29) is 12.0 Å². The lowest BCUT2D eigenvalue weighted by atomic mass is 10.1. The summed E-state index contributed by atoms with van der Waals surface area (Å²) >= 11 is 0. The molecule has 0 aliphatic heterocycles. The predicted octanol–water partition coefficient (Wildman–Crippen LogP) is 4.36. The summed E-state index contributed by atoms with van der Waals surface area (Å²) < 4.78 is 19.6. The Morgan fingerprint density at radius 3 is 1.41 bits per heavy atom. The SMILES string of the molecule is C[Si](C)(C)O[Si](CCCC(=CC(=O)O)C(=O)O)(O[Si](C)(C)C)O[Si](C)(C)C. The maximum absolute atomic E-state index is 11.3. The van der Waals surface area contributed by atoms with Crippen molar-refractivity contribution in [2.45, 2.75) is 77.8 Å². The van der Waals surface area contributed by atoms with E-state index in [9.17, 15) is 14.7 Å². The minimum Gasteiger partial charge on any atom is -0.478 e. The molecule has 2 N–H and O–H groups in total. The fourth-order valence-electron chi connectivity index (χ4n) is 2.50. The van der Waals surface area contributed by atoms with Gasteiger partial charge in [-0.1, -0.05) is 0 Å². The first kappa shape index (κ1) is 26.4. The van der Waals surface area contributed by atoms with Gasteiger partial charge >= 0.3 is 20.7 Å². The first-order valence-electron chi connectivity index (χ1n) is 9.11. The highest BCUT2D eigenvalue weighted by atomic mass is 28.5. The molecule has 27 heavy (non-hydrogen) atoms. The summed E-state index contributed by atoms with van der Waals surface area (Å²) in [5.41, 5.74) is -0.126. The van der Waals surface area contributed by atoms with Gasteiger partial charge in [0.05, 0.1) is 0 Å². The van der Waals surface area contributed by atoms with Crippen LogP contribution in [0.3, 0.4) is 0 Å². The average molecular weight is 453 g/mol.